The first kappa shape index (κ1) is 17.8. The summed E-state index contributed by atoms with van der Waals surface area (Å²) in [6, 6.07) is 17.6. The lowest BCUT2D eigenvalue weighted by molar-refractivity contribution is 0.0385. The number of ether oxygens (including phenoxy) is 2. The van der Waals surface area contributed by atoms with Crippen LogP contribution >= 0.6 is 0 Å². The lowest BCUT2D eigenvalue weighted by Gasteiger charge is -2.26. The van der Waals surface area contributed by atoms with Gasteiger partial charge in [-0.2, -0.15) is 0 Å². The first-order valence-corrected chi connectivity index (χ1v) is 9.41. The summed E-state index contributed by atoms with van der Waals surface area (Å²) in [6.07, 6.45) is 0.932. The fourth-order valence-electron chi connectivity index (χ4n) is 3.46. The Hall–Kier alpha value is -2.63. The predicted molar refractivity (Wildman–Crippen MR) is 106 cm³/mol. The van der Waals surface area contributed by atoms with E-state index >= 15 is 0 Å². The minimum atomic E-state index is -0.114. The smallest absolute Gasteiger partial charge is 0.248 e. The van der Waals surface area contributed by atoms with E-state index in [4.69, 9.17) is 9.47 Å². The molecule has 1 aromatic heterocycles. The average Bonchev–Trinajstić information content (AvgIpc) is 2.72. The Kier molecular flexibility index (Phi) is 5.51. The molecule has 2 aromatic carbocycles. The van der Waals surface area contributed by atoms with Gasteiger partial charge in [0.15, 0.2) is 0 Å². The van der Waals surface area contributed by atoms with Crippen LogP contribution in [0.1, 0.15) is 11.1 Å². The van der Waals surface area contributed by atoms with Gasteiger partial charge >= 0.3 is 0 Å². The Morgan fingerprint density at radius 1 is 1.00 bits per heavy atom. The van der Waals surface area contributed by atoms with Crippen LogP contribution in [-0.4, -0.2) is 42.7 Å². The molecule has 1 aliphatic heterocycles. The minimum Gasteiger partial charge on any atom is -0.487 e. The molecular formula is C22H24N2O3. The number of benzene rings is 2. The number of nitrogens with zero attached hydrogens (tertiary/aromatic N) is 1. The second kappa shape index (κ2) is 8.37. The lowest BCUT2D eigenvalue weighted by Crippen LogP contribution is -2.37. The number of nitrogens with one attached hydrogen (secondary N) is 1. The topological polar surface area (TPSA) is 54.6 Å². The Labute approximate surface area is 158 Å². The largest absolute Gasteiger partial charge is 0.487 e. The van der Waals surface area contributed by atoms with Crippen molar-refractivity contribution >= 4 is 10.9 Å². The molecule has 1 N–H and O–H groups in total. The van der Waals surface area contributed by atoms with Gasteiger partial charge in [-0.15, -0.1) is 0 Å². The van der Waals surface area contributed by atoms with Crippen molar-refractivity contribution in [3.63, 3.8) is 0 Å². The van der Waals surface area contributed by atoms with Crippen LogP contribution in [0.15, 0.2) is 59.4 Å². The summed E-state index contributed by atoms with van der Waals surface area (Å²) >= 11 is 0. The number of hydrogen-bond donors (Lipinski definition) is 1. The quantitative estimate of drug-likeness (QED) is 0.731. The molecule has 2 heterocycles. The highest BCUT2D eigenvalue weighted by Gasteiger charge is 2.13. The Morgan fingerprint density at radius 3 is 2.63 bits per heavy atom. The van der Waals surface area contributed by atoms with Gasteiger partial charge in [0.25, 0.3) is 0 Å². The van der Waals surface area contributed by atoms with Gasteiger partial charge in [-0.25, -0.2) is 0 Å². The molecule has 5 heteroatoms. The highest BCUT2D eigenvalue weighted by atomic mass is 16.5. The van der Waals surface area contributed by atoms with E-state index in [-0.39, 0.29) is 5.56 Å². The van der Waals surface area contributed by atoms with E-state index in [1.165, 1.54) is 5.56 Å². The van der Waals surface area contributed by atoms with Gasteiger partial charge in [-0.1, -0.05) is 36.4 Å². The summed E-state index contributed by atoms with van der Waals surface area (Å²) in [6.45, 7) is 5.03. The molecule has 0 unspecified atom stereocenters. The highest BCUT2D eigenvalue weighted by molar-refractivity contribution is 5.87. The number of aromatic amines is 1. The Balaban J connectivity index is 1.56. The molecule has 0 radical (unpaired) electrons. The highest BCUT2D eigenvalue weighted by Crippen LogP contribution is 2.27. The van der Waals surface area contributed by atoms with Crippen LogP contribution in [0.2, 0.25) is 0 Å². The second-order valence-corrected chi connectivity index (χ2v) is 6.81. The number of rotatable bonds is 6. The van der Waals surface area contributed by atoms with Crippen LogP contribution in [0.5, 0.6) is 5.75 Å². The maximum absolute atomic E-state index is 11.9. The number of morpholine rings is 1. The van der Waals surface area contributed by atoms with Crippen molar-refractivity contribution in [2.75, 3.05) is 32.8 Å². The van der Waals surface area contributed by atoms with E-state index in [0.717, 1.165) is 55.7 Å². The normalized spacial score (nSPS) is 15.1. The van der Waals surface area contributed by atoms with Gasteiger partial charge in [-0.3, -0.25) is 9.69 Å². The predicted octanol–water partition coefficient (Wildman–Crippen LogP) is 2.98. The van der Waals surface area contributed by atoms with Crippen LogP contribution in [0, 0.1) is 0 Å². The van der Waals surface area contributed by atoms with E-state index in [1.54, 1.807) is 6.07 Å². The third-order valence-electron chi connectivity index (χ3n) is 4.99. The lowest BCUT2D eigenvalue weighted by atomic mass is 10.0. The molecule has 140 valence electrons. The third-order valence-corrected chi connectivity index (χ3v) is 4.99. The van der Waals surface area contributed by atoms with E-state index in [9.17, 15) is 4.79 Å². The molecule has 0 amide bonds. The summed E-state index contributed by atoms with van der Waals surface area (Å²) < 4.78 is 11.4. The summed E-state index contributed by atoms with van der Waals surface area (Å²) in [7, 11) is 0. The zero-order valence-corrected chi connectivity index (χ0v) is 15.3. The van der Waals surface area contributed by atoms with Crippen LogP contribution in [0.25, 0.3) is 10.9 Å². The molecule has 4 rings (SSSR count). The molecular weight excluding hydrogens is 340 g/mol. The molecule has 27 heavy (non-hydrogen) atoms. The van der Waals surface area contributed by atoms with Crippen LogP contribution in [-0.2, 0) is 17.8 Å². The van der Waals surface area contributed by atoms with Crippen LogP contribution in [0.3, 0.4) is 0 Å². The summed E-state index contributed by atoms with van der Waals surface area (Å²) in [5, 5.41) is 1.05. The standard InChI is InChI=1S/C22H24N2O3/c25-21-9-7-19-18(10-11-24-12-14-26-15-13-24)6-8-20(22(19)23-21)27-16-17-4-2-1-3-5-17/h1-9H,10-16H2,(H,23,25). The molecule has 3 aromatic rings. The fourth-order valence-corrected chi connectivity index (χ4v) is 3.46. The molecule has 0 aliphatic carbocycles. The molecule has 0 atom stereocenters. The summed E-state index contributed by atoms with van der Waals surface area (Å²) in [4.78, 5) is 17.3. The van der Waals surface area contributed by atoms with E-state index in [2.05, 4.69) is 16.0 Å². The van der Waals surface area contributed by atoms with Crippen molar-refractivity contribution in [3.8, 4) is 5.75 Å². The maximum Gasteiger partial charge on any atom is 0.248 e. The first-order valence-electron chi connectivity index (χ1n) is 9.41. The molecule has 5 nitrogen and oxygen atoms in total. The van der Waals surface area contributed by atoms with Gasteiger partial charge in [0, 0.05) is 31.1 Å². The maximum atomic E-state index is 11.9. The molecule has 0 saturated carbocycles. The number of H-pyrrole nitrogens is 1. The van der Waals surface area contributed by atoms with Gasteiger partial charge in [0.2, 0.25) is 5.56 Å². The number of hydrogen-bond acceptors (Lipinski definition) is 4. The SMILES string of the molecule is O=c1ccc2c(CCN3CCOCC3)ccc(OCc3ccccc3)c2[nH]1. The van der Waals surface area contributed by atoms with Crippen molar-refractivity contribution < 1.29 is 9.47 Å². The van der Waals surface area contributed by atoms with Gasteiger partial charge in [0.05, 0.1) is 18.7 Å². The van der Waals surface area contributed by atoms with Gasteiger partial charge < -0.3 is 14.5 Å². The Bertz CT molecular complexity index is 947. The average molecular weight is 364 g/mol. The second-order valence-electron chi connectivity index (χ2n) is 6.81. The van der Waals surface area contributed by atoms with Crippen LogP contribution in [0.4, 0.5) is 0 Å². The van der Waals surface area contributed by atoms with Crippen molar-refractivity contribution in [2.45, 2.75) is 13.0 Å². The first-order chi connectivity index (χ1) is 13.3. The van der Waals surface area contributed by atoms with Crippen molar-refractivity contribution in [1.29, 1.82) is 0 Å². The molecule has 0 bridgehead atoms. The third kappa shape index (κ3) is 4.38. The molecule has 1 aliphatic rings. The number of aromatic nitrogens is 1. The summed E-state index contributed by atoms with van der Waals surface area (Å²) in [5.41, 5.74) is 2.98. The van der Waals surface area contributed by atoms with Gasteiger partial charge in [0.1, 0.15) is 12.4 Å². The monoisotopic (exact) mass is 364 g/mol. The van der Waals surface area contributed by atoms with Crippen LogP contribution < -0.4 is 10.3 Å². The van der Waals surface area contributed by atoms with Gasteiger partial charge in [-0.05, 0) is 29.7 Å². The molecule has 1 saturated heterocycles. The van der Waals surface area contributed by atoms with Crippen molar-refractivity contribution in [3.05, 3.63) is 76.1 Å². The van der Waals surface area contributed by atoms with Crippen molar-refractivity contribution in [2.24, 2.45) is 0 Å². The van der Waals surface area contributed by atoms with E-state index in [1.807, 2.05) is 42.5 Å². The van der Waals surface area contributed by atoms with E-state index in [0.29, 0.717) is 12.4 Å². The summed E-state index contributed by atoms with van der Waals surface area (Å²) in [5.74, 6) is 0.710. The van der Waals surface area contributed by atoms with E-state index < -0.39 is 0 Å². The van der Waals surface area contributed by atoms with Crippen molar-refractivity contribution in [1.82, 2.24) is 9.88 Å². The minimum absolute atomic E-state index is 0.114. The zero-order valence-electron chi connectivity index (χ0n) is 15.3. The Morgan fingerprint density at radius 2 is 1.81 bits per heavy atom. The molecule has 0 spiro atoms. The molecule has 1 fully saturated rings. The number of pyridine rings is 1. The fraction of sp³-hybridized carbons (Fsp3) is 0.318. The zero-order chi connectivity index (χ0) is 18.5. The number of fused-ring (bicyclic) bond motifs is 1.